The van der Waals surface area contributed by atoms with Crippen molar-refractivity contribution < 1.29 is 4.74 Å². The van der Waals surface area contributed by atoms with E-state index in [-0.39, 0.29) is 0 Å². The highest BCUT2D eigenvalue weighted by molar-refractivity contribution is 6.31. The number of nitrogens with one attached hydrogen (secondary N) is 1. The Morgan fingerprint density at radius 2 is 2.21 bits per heavy atom. The average molecular weight is 214 g/mol. The maximum atomic E-state index is 6.10. The van der Waals surface area contributed by atoms with Crippen LogP contribution in [-0.4, -0.2) is 20.2 Å². The molecule has 0 spiro atoms. The van der Waals surface area contributed by atoms with E-state index in [1.165, 1.54) is 0 Å². The monoisotopic (exact) mass is 213 g/mol. The van der Waals surface area contributed by atoms with Crippen molar-refractivity contribution in [2.24, 2.45) is 0 Å². The Balaban J connectivity index is 2.92. The second-order valence-electron chi connectivity index (χ2n) is 3.31. The molecule has 1 unspecified atom stereocenters. The lowest BCUT2D eigenvalue weighted by atomic mass is 10.1. The topological polar surface area (TPSA) is 21.3 Å². The molecule has 1 atom stereocenters. The highest BCUT2D eigenvalue weighted by Gasteiger charge is 2.10. The van der Waals surface area contributed by atoms with Crippen molar-refractivity contribution in [2.45, 2.75) is 19.4 Å². The quantitative estimate of drug-likeness (QED) is 0.830. The molecule has 2 nitrogen and oxygen atoms in total. The van der Waals surface area contributed by atoms with Crippen molar-refractivity contribution >= 4 is 11.6 Å². The first-order valence-corrected chi connectivity index (χ1v) is 5.05. The Kier molecular flexibility index (Phi) is 4.23. The van der Waals surface area contributed by atoms with Gasteiger partial charge in [-0.2, -0.15) is 0 Å². The molecule has 0 fully saturated rings. The van der Waals surface area contributed by atoms with Crippen LogP contribution < -0.4 is 10.1 Å². The van der Waals surface area contributed by atoms with Crippen LogP contribution >= 0.6 is 11.6 Å². The fourth-order valence-corrected chi connectivity index (χ4v) is 1.58. The molecule has 0 aliphatic rings. The molecule has 0 saturated heterocycles. The minimum Gasteiger partial charge on any atom is -0.496 e. The maximum Gasteiger partial charge on any atom is 0.123 e. The van der Waals surface area contributed by atoms with Crippen LogP contribution in [0.25, 0.3) is 0 Å². The summed E-state index contributed by atoms with van der Waals surface area (Å²) in [6.07, 6.45) is 0.874. The Morgan fingerprint density at radius 3 is 2.79 bits per heavy atom. The van der Waals surface area contributed by atoms with Gasteiger partial charge in [0.25, 0.3) is 0 Å². The van der Waals surface area contributed by atoms with Crippen molar-refractivity contribution in [1.82, 2.24) is 5.32 Å². The first kappa shape index (κ1) is 11.3. The summed E-state index contributed by atoms with van der Waals surface area (Å²) in [6.45, 7) is 2.11. The van der Waals surface area contributed by atoms with Crippen molar-refractivity contribution in [3.63, 3.8) is 0 Å². The zero-order valence-corrected chi connectivity index (χ0v) is 9.56. The van der Waals surface area contributed by atoms with Gasteiger partial charge in [-0.3, -0.25) is 0 Å². The summed E-state index contributed by atoms with van der Waals surface area (Å²) in [5.74, 6) is 0.861. The van der Waals surface area contributed by atoms with Crippen LogP contribution in [-0.2, 0) is 6.42 Å². The Hall–Kier alpha value is -0.730. The van der Waals surface area contributed by atoms with E-state index in [4.69, 9.17) is 16.3 Å². The van der Waals surface area contributed by atoms with Crippen molar-refractivity contribution in [3.8, 4) is 5.75 Å². The molecule has 3 heteroatoms. The SMILES string of the molecule is CNC(C)Cc1c(Cl)cccc1OC. The van der Waals surface area contributed by atoms with Gasteiger partial charge in [0.05, 0.1) is 7.11 Å². The third kappa shape index (κ3) is 2.63. The lowest BCUT2D eigenvalue weighted by molar-refractivity contribution is 0.407. The third-order valence-corrected chi connectivity index (χ3v) is 2.65. The fraction of sp³-hybridized carbons (Fsp3) is 0.455. The van der Waals surface area contributed by atoms with E-state index in [0.29, 0.717) is 6.04 Å². The van der Waals surface area contributed by atoms with Gasteiger partial charge in [-0.25, -0.2) is 0 Å². The molecule has 14 heavy (non-hydrogen) atoms. The number of ether oxygens (including phenoxy) is 1. The molecule has 1 aromatic carbocycles. The van der Waals surface area contributed by atoms with Crippen molar-refractivity contribution in [3.05, 3.63) is 28.8 Å². The number of benzene rings is 1. The Morgan fingerprint density at radius 1 is 1.50 bits per heavy atom. The summed E-state index contributed by atoms with van der Waals surface area (Å²) < 4.78 is 5.26. The number of halogens is 1. The number of likely N-dealkylation sites (N-methyl/N-ethyl adjacent to an activating group) is 1. The summed E-state index contributed by atoms with van der Waals surface area (Å²) in [5.41, 5.74) is 1.07. The van der Waals surface area contributed by atoms with E-state index in [9.17, 15) is 0 Å². The van der Waals surface area contributed by atoms with Gasteiger partial charge in [-0.1, -0.05) is 17.7 Å². The smallest absolute Gasteiger partial charge is 0.123 e. The number of methoxy groups -OCH3 is 1. The van der Waals surface area contributed by atoms with E-state index in [0.717, 1.165) is 22.8 Å². The molecule has 0 radical (unpaired) electrons. The molecule has 1 aromatic rings. The second kappa shape index (κ2) is 5.23. The van der Waals surface area contributed by atoms with E-state index in [1.54, 1.807) is 7.11 Å². The first-order chi connectivity index (χ1) is 6.69. The Labute approximate surface area is 90.2 Å². The van der Waals surface area contributed by atoms with Crippen molar-refractivity contribution in [2.75, 3.05) is 14.2 Å². The van der Waals surface area contributed by atoms with Crippen LogP contribution in [0.1, 0.15) is 12.5 Å². The largest absolute Gasteiger partial charge is 0.496 e. The predicted molar refractivity (Wildman–Crippen MR) is 60.2 cm³/mol. The van der Waals surface area contributed by atoms with Crippen LogP contribution in [0.2, 0.25) is 5.02 Å². The van der Waals surface area contributed by atoms with Gasteiger partial charge in [0.1, 0.15) is 5.75 Å². The number of rotatable bonds is 4. The molecular weight excluding hydrogens is 198 g/mol. The van der Waals surface area contributed by atoms with Crippen LogP contribution in [0.3, 0.4) is 0 Å². The summed E-state index contributed by atoms with van der Waals surface area (Å²) in [4.78, 5) is 0. The lowest BCUT2D eigenvalue weighted by Gasteiger charge is -2.14. The molecular formula is C11H16ClNO. The molecule has 0 bridgehead atoms. The summed E-state index contributed by atoms with van der Waals surface area (Å²) >= 11 is 6.10. The number of hydrogen-bond donors (Lipinski definition) is 1. The van der Waals surface area contributed by atoms with Gasteiger partial charge in [0, 0.05) is 16.6 Å². The fourth-order valence-electron chi connectivity index (χ4n) is 1.34. The summed E-state index contributed by atoms with van der Waals surface area (Å²) in [7, 11) is 3.60. The first-order valence-electron chi connectivity index (χ1n) is 4.67. The van der Waals surface area contributed by atoms with Gasteiger partial charge in [-0.05, 0) is 32.5 Å². The maximum absolute atomic E-state index is 6.10. The summed E-state index contributed by atoms with van der Waals surface area (Å²) in [5, 5.41) is 3.95. The second-order valence-corrected chi connectivity index (χ2v) is 3.72. The van der Waals surface area contributed by atoms with Gasteiger partial charge in [0.15, 0.2) is 0 Å². The van der Waals surface area contributed by atoms with Crippen LogP contribution in [0.15, 0.2) is 18.2 Å². The molecule has 78 valence electrons. The molecule has 0 saturated carbocycles. The standard InChI is InChI=1S/C11H16ClNO/c1-8(13-2)7-9-10(12)5-4-6-11(9)14-3/h4-6,8,13H,7H2,1-3H3. The molecule has 0 aliphatic carbocycles. The normalized spacial score (nSPS) is 12.6. The minimum atomic E-state index is 0.392. The zero-order chi connectivity index (χ0) is 10.6. The molecule has 0 aromatic heterocycles. The molecule has 0 aliphatic heterocycles. The molecule has 1 N–H and O–H groups in total. The van der Waals surface area contributed by atoms with E-state index >= 15 is 0 Å². The van der Waals surface area contributed by atoms with Crippen LogP contribution in [0, 0.1) is 0 Å². The van der Waals surface area contributed by atoms with E-state index in [2.05, 4.69) is 12.2 Å². The van der Waals surface area contributed by atoms with E-state index in [1.807, 2.05) is 25.2 Å². The lowest BCUT2D eigenvalue weighted by Crippen LogP contribution is -2.23. The molecule has 0 heterocycles. The predicted octanol–water partition coefficient (Wildman–Crippen LogP) is 2.50. The molecule has 0 amide bonds. The van der Waals surface area contributed by atoms with E-state index < -0.39 is 0 Å². The highest BCUT2D eigenvalue weighted by atomic mass is 35.5. The zero-order valence-electron chi connectivity index (χ0n) is 8.80. The van der Waals surface area contributed by atoms with Crippen LogP contribution in [0.5, 0.6) is 5.75 Å². The van der Waals surface area contributed by atoms with Gasteiger partial charge >= 0.3 is 0 Å². The Bertz CT molecular complexity index is 301. The van der Waals surface area contributed by atoms with Crippen molar-refractivity contribution in [1.29, 1.82) is 0 Å². The van der Waals surface area contributed by atoms with Gasteiger partial charge < -0.3 is 10.1 Å². The van der Waals surface area contributed by atoms with Crippen LogP contribution in [0.4, 0.5) is 0 Å². The minimum absolute atomic E-state index is 0.392. The number of hydrogen-bond acceptors (Lipinski definition) is 2. The van der Waals surface area contributed by atoms with Gasteiger partial charge in [-0.15, -0.1) is 0 Å². The highest BCUT2D eigenvalue weighted by Crippen LogP contribution is 2.27. The average Bonchev–Trinajstić information content (AvgIpc) is 2.20. The third-order valence-electron chi connectivity index (χ3n) is 2.30. The van der Waals surface area contributed by atoms with Gasteiger partial charge in [0.2, 0.25) is 0 Å². The summed E-state index contributed by atoms with van der Waals surface area (Å²) in [6, 6.07) is 6.11. The molecule has 1 rings (SSSR count).